The maximum Gasteiger partial charge on any atom is 0.260 e. The van der Waals surface area contributed by atoms with Crippen molar-refractivity contribution in [2.75, 3.05) is 23.3 Å². The van der Waals surface area contributed by atoms with Gasteiger partial charge in [-0.2, -0.15) is 0 Å². The summed E-state index contributed by atoms with van der Waals surface area (Å²) in [4.78, 5) is 26.6. The van der Waals surface area contributed by atoms with E-state index < -0.39 is 5.91 Å². The molecule has 3 heterocycles. The highest BCUT2D eigenvalue weighted by Crippen LogP contribution is 2.25. The number of nitrogens with one attached hydrogen (secondary N) is 1. The van der Waals surface area contributed by atoms with E-state index in [1.807, 2.05) is 13.0 Å². The van der Waals surface area contributed by atoms with Crippen LogP contribution < -0.4 is 16.0 Å². The number of aryl methyl sites for hydroxylation is 1. The lowest BCUT2D eigenvalue weighted by molar-refractivity contribution is 0.100. The van der Waals surface area contributed by atoms with Gasteiger partial charge in [0.15, 0.2) is 5.13 Å². The molecule has 1 fully saturated rings. The van der Waals surface area contributed by atoms with Crippen LogP contribution in [0.25, 0.3) is 0 Å². The van der Waals surface area contributed by atoms with Crippen molar-refractivity contribution in [3.63, 3.8) is 0 Å². The normalized spacial score (nSPS) is 15.7. The molecule has 0 unspecified atom stereocenters. The molecule has 0 saturated carbocycles. The van der Waals surface area contributed by atoms with E-state index in [0.29, 0.717) is 21.7 Å². The topological polar surface area (TPSA) is 117 Å². The Hall–Kier alpha value is -2.26. The van der Waals surface area contributed by atoms with Gasteiger partial charge in [0, 0.05) is 19.2 Å². The number of thiazole rings is 1. The van der Waals surface area contributed by atoms with Crippen molar-refractivity contribution in [3.05, 3.63) is 23.0 Å². The molecule has 1 aliphatic rings. The Bertz CT molecular complexity index is 711. The largest absolute Gasteiger partial charge is 0.393 e. The Morgan fingerprint density at radius 1 is 1.43 bits per heavy atom. The van der Waals surface area contributed by atoms with Crippen molar-refractivity contribution in [3.8, 4) is 0 Å². The van der Waals surface area contributed by atoms with Gasteiger partial charge in [-0.3, -0.25) is 4.79 Å². The van der Waals surface area contributed by atoms with Crippen LogP contribution in [0.2, 0.25) is 0 Å². The van der Waals surface area contributed by atoms with Crippen LogP contribution in [0.4, 0.5) is 16.8 Å². The minimum Gasteiger partial charge on any atom is -0.393 e. The molecule has 0 aromatic carbocycles. The zero-order chi connectivity index (χ0) is 16.4. The first kappa shape index (κ1) is 15.6. The van der Waals surface area contributed by atoms with Crippen LogP contribution in [0.1, 0.15) is 28.3 Å². The number of aromatic nitrogens is 3. The van der Waals surface area contributed by atoms with E-state index in [1.54, 1.807) is 0 Å². The van der Waals surface area contributed by atoms with E-state index in [4.69, 9.17) is 5.73 Å². The molecule has 122 valence electrons. The molecule has 9 heteroatoms. The number of carbonyl (C=O) groups excluding carboxylic acids is 1. The number of primary amides is 1. The molecule has 4 N–H and O–H groups in total. The molecule has 0 radical (unpaired) electrons. The van der Waals surface area contributed by atoms with E-state index in [0.717, 1.165) is 31.7 Å². The molecule has 2 aromatic heterocycles. The third kappa shape index (κ3) is 3.74. The summed E-state index contributed by atoms with van der Waals surface area (Å²) < 4.78 is 0. The summed E-state index contributed by atoms with van der Waals surface area (Å²) in [5.41, 5.74) is 5.23. The highest BCUT2D eigenvalue weighted by atomic mass is 32.1. The summed E-state index contributed by atoms with van der Waals surface area (Å²) in [6.45, 7) is 3.35. The number of carbonyl (C=O) groups is 1. The van der Waals surface area contributed by atoms with Gasteiger partial charge in [-0.1, -0.05) is 11.3 Å². The predicted molar refractivity (Wildman–Crippen MR) is 88.1 cm³/mol. The molecule has 1 saturated heterocycles. The molecular formula is C14H18N6O2S. The number of aliphatic hydroxyl groups excluding tert-OH is 1. The minimum atomic E-state index is -0.498. The third-order valence-corrected chi connectivity index (χ3v) is 4.52. The van der Waals surface area contributed by atoms with Crippen molar-refractivity contribution >= 4 is 34.0 Å². The number of aliphatic hydroxyl groups is 1. The van der Waals surface area contributed by atoms with Crippen molar-refractivity contribution in [2.24, 2.45) is 5.73 Å². The Labute approximate surface area is 137 Å². The van der Waals surface area contributed by atoms with Crippen LogP contribution in [-0.4, -0.2) is 45.2 Å². The predicted octanol–water partition coefficient (Wildman–Crippen LogP) is 1.05. The molecule has 1 aliphatic heterocycles. The summed E-state index contributed by atoms with van der Waals surface area (Å²) in [7, 11) is 0. The first-order valence-electron chi connectivity index (χ1n) is 7.32. The van der Waals surface area contributed by atoms with E-state index >= 15 is 0 Å². The maximum atomic E-state index is 11.1. The van der Waals surface area contributed by atoms with Gasteiger partial charge in [0.2, 0.25) is 0 Å². The number of amides is 1. The Morgan fingerprint density at radius 2 is 2.17 bits per heavy atom. The van der Waals surface area contributed by atoms with E-state index in [2.05, 4.69) is 25.2 Å². The third-order valence-electron chi connectivity index (χ3n) is 3.60. The zero-order valence-electron chi connectivity index (χ0n) is 12.7. The molecule has 23 heavy (non-hydrogen) atoms. The van der Waals surface area contributed by atoms with Crippen LogP contribution in [0, 0.1) is 6.92 Å². The molecule has 3 rings (SSSR count). The van der Waals surface area contributed by atoms with Crippen LogP contribution in [0.3, 0.4) is 0 Å². The summed E-state index contributed by atoms with van der Waals surface area (Å²) in [5.74, 6) is 1.58. The van der Waals surface area contributed by atoms with Crippen LogP contribution in [0.15, 0.2) is 12.3 Å². The second-order valence-electron chi connectivity index (χ2n) is 5.40. The second kappa shape index (κ2) is 6.47. The molecule has 0 bridgehead atoms. The van der Waals surface area contributed by atoms with Gasteiger partial charge >= 0.3 is 0 Å². The highest BCUT2D eigenvalue weighted by molar-refractivity contribution is 7.17. The smallest absolute Gasteiger partial charge is 0.260 e. The number of nitrogens with two attached hydrogens (primary N) is 1. The summed E-state index contributed by atoms with van der Waals surface area (Å²) >= 11 is 1.18. The lowest BCUT2D eigenvalue weighted by Gasteiger charge is -2.30. The summed E-state index contributed by atoms with van der Waals surface area (Å²) in [6, 6.07) is 1.84. The molecule has 1 amide bonds. The van der Waals surface area contributed by atoms with Gasteiger partial charge < -0.3 is 21.1 Å². The molecule has 0 spiro atoms. The Balaban J connectivity index is 1.78. The SMILES string of the molecule is Cc1nc(Nc2ncc(C(N)=O)s2)cc(N2CCC(O)CC2)n1. The number of hydrogen-bond donors (Lipinski definition) is 3. The fourth-order valence-electron chi connectivity index (χ4n) is 2.43. The number of nitrogens with zero attached hydrogens (tertiary/aromatic N) is 4. The van der Waals surface area contributed by atoms with Crippen LogP contribution in [0.5, 0.6) is 0 Å². The van der Waals surface area contributed by atoms with Gasteiger partial charge in [0.1, 0.15) is 22.3 Å². The van der Waals surface area contributed by atoms with E-state index in [-0.39, 0.29) is 6.10 Å². The quantitative estimate of drug-likeness (QED) is 0.765. The number of anilines is 3. The van der Waals surface area contributed by atoms with Gasteiger partial charge in [-0.15, -0.1) is 0 Å². The first-order chi connectivity index (χ1) is 11.0. The lowest BCUT2D eigenvalue weighted by Crippen LogP contribution is -2.36. The lowest BCUT2D eigenvalue weighted by atomic mass is 10.1. The average Bonchev–Trinajstić information content (AvgIpc) is 2.96. The molecule has 2 aromatic rings. The standard InChI is InChI=1S/C14H18N6O2S/c1-8-17-11(19-14-16-7-10(23-14)13(15)22)6-12(18-8)20-4-2-9(21)3-5-20/h6-7,9,21H,2-5H2,1H3,(H2,15,22)(H,16,17,18,19). The fraction of sp³-hybridized carbons (Fsp3) is 0.429. The average molecular weight is 334 g/mol. The molecule has 0 aliphatic carbocycles. The molecular weight excluding hydrogens is 316 g/mol. The van der Waals surface area contributed by atoms with Crippen LogP contribution >= 0.6 is 11.3 Å². The Morgan fingerprint density at radius 3 is 2.83 bits per heavy atom. The van der Waals surface area contributed by atoms with Crippen molar-refractivity contribution < 1.29 is 9.90 Å². The van der Waals surface area contributed by atoms with Gasteiger partial charge in [0.05, 0.1) is 12.3 Å². The van der Waals surface area contributed by atoms with Crippen molar-refractivity contribution in [1.82, 2.24) is 15.0 Å². The van der Waals surface area contributed by atoms with Crippen LogP contribution in [-0.2, 0) is 0 Å². The zero-order valence-corrected chi connectivity index (χ0v) is 13.5. The first-order valence-corrected chi connectivity index (χ1v) is 8.14. The number of hydrogen-bond acceptors (Lipinski definition) is 8. The number of piperidine rings is 1. The monoisotopic (exact) mass is 334 g/mol. The van der Waals surface area contributed by atoms with Gasteiger partial charge in [-0.25, -0.2) is 15.0 Å². The summed E-state index contributed by atoms with van der Waals surface area (Å²) in [6.07, 6.45) is 2.69. The fourth-order valence-corrected chi connectivity index (χ4v) is 3.10. The second-order valence-corrected chi connectivity index (χ2v) is 6.43. The molecule has 0 atom stereocenters. The van der Waals surface area contributed by atoms with Gasteiger partial charge in [0.25, 0.3) is 5.91 Å². The van der Waals surface area contributed by atoms with E-state index in [1.165, 1.54) is 17.5 Å². The van der Waals surface area contributed by atoms with E-state index in [9.17, 15) is 9.90 Å². The summed E-state index contributed by atoms with van der Waals surface area (Å²) in [5, 5.41) is 13.2. The van der Waals surface area contributed by atoms with Crippen molar-refractivity contribution in [2.45, 2.75) is 25.9 Å². The molecule has 8 nitrogen and oxygen atoms in total. The number of rotatable bonds is 4. The Kier molecular flexibility index (Phi) is 4.39. The minimum absolute atomic E-state index is 0.227. The highest BCUT2D eigenvalue weighted by Gasteiger charge is 2.19. The maximum absolute atomic E-state index is 11.1. The van der Waals surface area contributed by atoms with Crippen molar-refractivity contribution in [1.29, 1.82) is 0 Å². The van der Waals surface area contributed by atoms with Gasteiger partial charge in [-0.05, 0) is 19.8 Å².